The number of carbonyl (C=O) groups excluding carboxylic acids is 1. The van der Waals surface area contributed by atoms with E-state index in [0.717, 1.165) is 23.3 Å². The van der Waals surface area contributed by atoms with Crippen molar-refractivity contribution in [2.24, 2.45) is 0 Å². The Labute approximate surface area is 118 Å². The van der Waals surface area contributed by atoms with Gasteiger partial charge in [-0.05, 0) is 48.7 Å². The van der Waals surface area contributed by atoms with Crippen LogP contribution in [-0.2, 0) is 17.8 Å². The molecule has 0 fully saturated rings. The number of ketones is 1. The zero-order chi connectivity index (χ0) is 14.4. The zero-order valence-corrected chi connectivity index (χ0v) is 11.5. The minimum absolute atomic E-state index is 0.206. The molecular formula is C17H18O3. The summed E-state index contributed by atoms with van der Waals surface area (Å²) in [5.41, 5.74) is 2.14. The molecule has 0 aliphatic rings. The number of aromatic hydroxyl groups is 1. The molecule has 0 spiro atoms. The fourth-order valence-electron chi connectivity index (χ4n) is 1.83. The molecule has 0 saturated heterocycles. The van der Waals surface area contributed by atoms with Crippen LogP contribution in [0.3, 0.4) is 0 Å². The van der Waals surface area contributed by atoms with Gasteiger partial charge in [-0.15, -0.1) is 0 Å². The molecule has 0 aliphatic carbocycles. The van der Waals surface area contributed by atoms with Crippen LogP contribution in [0, 0.1) is 0 Å². The van der Waals surface area contributed by atoms with Gasteiger partial charge >= 0.3 is 0 Å². The molecule has 0 atom stereocenters. The Balaban J connectivity index is 1.87. The average molecular weight is 270 g/mol. The van der Waals surface area contributed by atoms with Crippen LogP contribution in [0.25, 0.3) is 0 Å². The maximum Gasteiger partial charge on any atom is 0.130 e. The van der Waals surface area contributed by atoms with Crippen molar-refractivity contribution in [2.45, 2.75) is 26.4 Å². The lowest BCUT2D eigenvalue weighted by Gasteiger charge is -2.07. The first-order valence-corrected chi connectivity index (χ1v) is 6.62. The molecule has 3 heteroatoms. The number of phenolic OH excluding ortho intramolecular Hbond substituents is 1. The third kappa shape index (κ3) is 4.43. The van der Waals surface area contributed by atoms with Crippen LogP contribution in [0.5, 0.6) is 11.5 Å². The van der Waals surface area contributed by atoms with Crippen LogP contribution < -0.4 is 4.74 Å². The number of ether oxygens (including phenoxy) is 1. The van der Waals surface area contributed by atoms with Gasteiger partial charge in [-0.3, -0.25) is 0 Å². The highest BCUT2D eigenvalue weighted by molar-refractivity contribution is 5.75. The number of hydrogen-bond donors (Lipinski definition) is 1. The van der Waals surface area contributed by atoms with Gasteiger partial charge in [0.15, 0.2) is 0 Å². The summed E-state index contributed by atoms with van der Waals surface area (Å²) in [5.74, 6) is 1.26. The molecule has 20 heavy (non-hydrogen) atoms. The highest BCUT2D eigenvalue weighted by atomic mass is 16.5. The van der Waals surface area contributed by atoms with Crippen LogP contribution in [0.4, 0.5) is 0 Å². The van der Waals surface area contributed by atoms with E-state index in [9.17, 15) is 9.90 Å². The van der Waals surface area contributed by atoms with Gasteiger partial charge in [0.25, 0.3) is 0 Å². The second-order valence-corrected chi connectivity index (χ2v) is 4.80. The third-order valence-corrected chi connectivity index (χ3v) is 3.03. The molecule has 0 saturated carbocycles. The van der Waals surface area contributed by atoms with Gasteiger partial charge in [0.05, 0.1) is 0 Å². The van der Waals surface area contributed by atoms with E-state index >= 15 is 0 Å². The minimum atomic E-state index is 0.206. The van der Waals surface area contributed by atoms with Crippen LogP contribution in [0.2, 0.25) is 0 Å². The standard InChI is InChI=1S/C17H18O3/c1-13(18)2-3-14-6-10-17(11-7-14)20-12-15-4-8-16(19)9-5-15/h4-11,19H,2-3,12H2,1H3. The lowest BCUT2D eigenvalue weighted by atomic mass is 10.1. The van der Waals surface area contributed by atoms with Crippen molar-refractivity contribution < 1.29 is 14.6 Å². The molecule has 104 valence electrons. The Bertz CT molecular complexity index is 556. The summed E-state index contributed by atoms with van der Waals surface area (Å²) in [7, 11) is 0. The summed E-state index contributed by atoms with van der Waals surface area (Å²) >= 11 is 0. The van der Waals surface area contributed by atoms with E-state index in [0.29, 0.717) is 13.0 Å². The number of carbonyl (C=O) groups is 1. The lowest BCUT2D eigenvalue weighted by Crippen LogP contribution is -1.96. The SMILES string of the molecule is CC(=O)CCc1ccc(OCc2ccc(O)cc2)cc1. The largest absolute Gasteiger partial charge is 0.508 e. The quantitative estimate of drug-likeness (QED) is 0.874. The summed E-state index contributed by atoms with van der Waals surface area (Å²) < 4.78 is 5.66. The fourth-order valence-corrected chi connectivity index (χ4v) is 1.83. The molecule has 0 radical (unpaired) electrons. The van der Waals surface area contributed by atoms with Gasteiger partial charge in [-0.25, -0.2) is 0 Å². The molecule has 0 bridgehead atoms. The van der Waals surface area contributed by atoms with Crippen molar-refractivity contribution in [3.8, 4) is 11.5 Å². The van der Waals surface area contributed by atoms with Gasteiger partial charge < -0.3 is 14.6 Å². The first-order valence-electron chi connectivity index (χ1n) is 6.62. The molecule has 0 aliphatic heterocycles. The second kappa shape index (κ2) is 6.75. The van der Waals surface area contributed by atoms with E-state index in [1.54, 1.807) is 19.1 Å². The Morgan fingerprint density at radius 2 is 1.60 bits per heavy atom. The van der Waals surface area contributed by atoms with E-state index in [-0.39, 0.29) is 11.5 Å². The van der Waals surface area contributed by atoms with Crippen LogP contribution in [0.15, 0.2) is 48.5 Å². The molecule has 2 aromatic carbocycles. The summed E-state index contributed by atoms with van der Waals surface area (Å²) in [4.78, 5) is 10.9. The molecule has 0 amide bonds. The predicted molar refractivity (Wildman–Crippen MR) is 77.9 cm³/mol. The van der Waals surface area contributed by atoms with Crippen molar-refractivity contribution in [1.82, 2.24) is 0 Å². The molecule has 0 heterocycles. The smallest absolute Gasteiger partial charge is 0.130 e. The van der Waals surface area contributed by atoms with Crippen LogP contribution in [-0.4, -0.2) is 10.9 Å². The monoisotopic (exact) mass is 270 g/mol. The molecule has 3 nitrogen and oxygen atoms in total. The van der Waals surface area contributed by atoms with Gasteiger partial charge in [-0.1, -0.05) is 24.3 Å². The normalized spacial score (nSPS) is 10.2. The Morgan fingerprint density at radius 3 is 2.20 bits per heavy atom. The van der Waals surface area contributed by atoms with Crippen LogP contribution in [0.1, 0.15) is 24.5 Å². The maximum absolute atomic E-state index is 10.9. The summed E-state index contributed by atoms with van der Waals surface area (Å²) in [5, 5.41) is 9.20. The molecular weight excluding hydrogens is 252 g/mol. The summed E-state index contributed by atoms with van der Waals surface area (Å²) in [6, 6.07) is 14.7. The fraction of sp³-hybridized carbons (Fsp3) is 0.235. The predicted octanol–water partition coefficient (Wildman–Crippen LogP) is 3.49. The molecule has 0 unspecified atom stereocenters. The van der Waals surface area contributed by atoms with Crippen LogP contribution >= 0.6 is 0 Å². The highest BCUT2D eigenvalue weighted by Crippen LogP contribution is 2.16. The number of rotatable bonds is 6. The van der Waals surface area contributed by atoms with E-state index in [4.69, 9.17) is 4.74 Å². The first kappa shape index (κ1) is 14.1. The number of hydrogen-bond acceptors (Lipinski definition) is 3. The number of benzene rings is 2. The van der Waals surface area contributed by atoms with Gasteiger partial charge in [-0.2, -0.15) is 0 Å². The topological polar surface area (TPSA) is 46.5 Å². The summed E-state index contributed by atoms with van der Waals surface area (Å²) in [6.45, 7) is 2.07. The van der Waals surface area contributed by atoms with E-state index in [2.05, 4.69) is 0 Å². The van der Waals surface area contributed by atoms with Crippen molar-refractivity contribution in [1.29, 1.82) is 0 Å². The number of aryl methyl sites for hydroxylation is 1. The van der Waals surface area contributed by atoms with E-state index in [1.165, 1.54) is 0 Å². The van der Waals surface area contributed by atoms with E-state index in [1.807, 2.05) is 36.4 Å². The van der Waals surface area contributed by atoms with Gasteiger partial charge in [0.1, 0.15) is 23.9 Å². The number of Topliss-reactive ketones (excluding diaryl/α,β-unsaturated/α-hetero) is 1. The lowest BCUT2D eigenvalue weighted by molar-refractivity contribution is -0.116. The Morgan fingerprint density at radius 1 is 1.00 bits per heavy atom. The first-order chi connectivity index (χ1) is 9.63. The van der Waals surface area contributed by atoms with Crippen molar-refractivity contribution in [3.05, 3.63) is 59.7 Å². The number of phenols is 1. The van der Waals surface area contributed by atoms with Crippen molar-refractivity contribution >= 4 is 5.78 Å². The Hall–Kier alpha value is -2.29. The second-order valence-electron chi connectivity index (χ2n) is 4.80. The molecule has 1 N–H and O–H groups in total. The summed E-state index contributed by atoms with van der Waals surface area (Å²) in [6.07, 6.45) is 1.35. The van der Waals surface area contributed by atoms with Crippen molar-refractivity contribution in [3.63, 3.8) is 0 Å². The minimum Gasteiger partial charge on any atom is -0.508 e. The van der Waals surface area contributed by atoms with Gasteiger partial charge in [0.2, 0.25) is 0 Å². The maximum atomic E-state index is 10.9. The highest BCUT2D eigenvalue weighted by Gasteiger charge is 1.99. The van der Waals surface area contributed by atoms with Crippen molar-refractivity contribution in [2.75, 3.05) is 0 Å². The molecule has 2 rings (SSSR count). The third-order valence-electron chi connectivity index (χ3n) is 3.03. The van der Waals surface area contributed by atoms with Gasteiger partial charge in [0, 0.05) is 6.42 Å². The molecule has 2 aromatic rings. The molecule has 0 aromatic heterocycles. The Kier molecular flexibility index (Phi) is 4.77. The average Bonchev–Trinajstić information content (AvgIpc) is 2.45. The van der Waals surface area contributed by atoms with E-state index < -0.39 is 0 Å². The zero-order valence-electron chi connectivity index (χ0n) is 11.5.